The standard InChI is InChI=1S/C36H25N5OS/c1-2-26-24-43-36-17-8-5-14-33(36)40(26)29-11-9-10-28(22-29)39-23-30(37-38-39)25-18-20-27(21-19-25)41-31-12-3-6-15-34(31)42-35-16-7-4-13-32(35)41/h2-24H,1H2. The second kappa shape index (κ2) is 10.4. The minimum absolute atomic E-state index is 0.797. The van der Waals surface area contributed by atoms with E-state index in [1.165, 1.54) is 4.90 Å². The van der Waals surface area contributed by atoms with Gasteiger partial charge in [0.2, 0.25) is 0 Å². The number of thioether (sulfide) groups is 1. The maximum Gasteiger partial charge on any atom is 0.151 e. The summed E-state index contributed by atoms with van der Waals surface area (Å²) in [6.45, 7) is 4.05. The largest absolute Gasteiger partial charge is 0.453 e. The summed E-state index contributed by atoms with van der Waals surface area (Å²) in [5.74, 6) is 1.66. The molecule has 2 aliphatic rings. The van der Waals surface area contributed by atoms with Crippen LogP contribution in [-0.4, -0.2) is 15.0 Å². The zero-order valence-electron chi connectivity index (χ0n) is 23.0. The summed E-state index contributed by atoms with van der Waals surface area (Å²) in [4.78, 5) is 5.65. The monoisotopic (exact) mass is 575 g/mol. The fourth-order valence-electron chi connectivity index (χ4n) is 5.55. The molecule has 0 fully saturated rings. The first kappa shape index (κ1) is 25.2. The topological polar surface area (TPSA) is 46.4 Å². The van der Waals surface area contributed by atoms with Crippen LogP contribution in [0.15, 0.2) is 156 Å². The van der Waals surface area contributed by atoms with Crippen molar-refractivity contribution in [3.63, 3.8) is 0 Å². The van der Waals surface area contributed by atoms with Gasteiger partial charge in [0.15, 0.2) is 11.5 Å². The van der Waals surface area contributed by atoms with Crippen molar-refractivity contribution in [3.05, 3.63) is 151 Å². The van der Waals surface area contributed by atoms with Gasteiger partial charge >= 0.3 is 0 Å². The zero-order valence-corrected chi connectivity index (χ0v) is 23.9. The predicted octanol–water partition coefficient (Wildman–Crippen LogP) is 9.78. The van der Waals surface area contributed by atoms with Crippen molar-refractivity contribution in [3.8, 4) is 28.4 Å². The summed E-state index contributed by atoms with van der Waals surface area (Å²) >= 11 is 1.71. The first-order valence-electron chi connectivity index (χ1n) is 13.9. The molecule has 206 valence electrons. The molecular formula is C36H25N5OS. The first-order valence-corrected chi connectivity index (χ1v) is 14.8. The summed E-state index contributed by atoms with van der Waals surface area (Å²) in [6.07, 6.45) is 3.86. The molecule has 3 heterocycles. The molecule has 0 saturated carbocycles. The van der Waals surface area contributed by atoms with Crippen LogP contribution in [-0.2, 0) is 0 Å². The molecular weight excluding hydrogens is 550 g/mol. The molecule has 0 N–H and O–H groups in total. The van der Waals surface area contributed by atoms with Crippen LogP contribution < -0.4 is 14.5 Å². The minimum Gasteiger partial charge on any atom is -0.453 e. The van der Waals surface area contributed by atoms with Gasteiger partial charge in [0, 0.05) is 27.2 Å². The van der Waals surface area contributed by atoms with Gasteiger partial charge in [0.1, 0.15) is 5.69 Å². The second-order valence-corrected chi connectivity index (χ2v) is 11.1. The number of allylic oxidation sites excluding steroid dienone is 1. The number of aromatic nitrogens is 3. The van der Waals surface area contributed by atoms with Crippen molar-refractivity contribution in [1.29, 1.82) is 0 Å². The number of hydrogen-bond donors (Lipinski definition) is 0. The fourth-order valence-corrected chi connectivity index (χ4v) is 6.43. The molecule has 8 rings (SSSR count). The second-order valence-electron chi connectivity index (χ2n) is 10.2. The van der Waals surface area contributed by atoms with E-state index in [1.54, 1.807) is 11.8 Å². The lowest BCUT2D eigenvalue weighted by atomic mass is 10.1. The number of benzene rings is 5. The molecule has 6 nitrogen and oxygen atoms in total. The van der Waals surface area contributed by atoms with Crippen molar-refractivity contribution >= 4 is 40.2 Å². The van der Waals surface area contributed by atoms with Crippen LogP contribution in [0.3, 0.4) is 0 Å². The Morgan fingerprint density at radius 3 is 2.07 bits per heavy atom. The van der Waals surface area contributed by atoms with Crippen LogP contribution in [0.2, 0.25) is 0 Å². The van der Waals surface area contributed by atoms with Crippen molar-refractivity contribution in [2.75, 3.05) is 9.80 Å². The van der Waals surface area contributed by atoms with Crippen LogP contribution in [0.5, 0.6) is 11.5 Å². The average Bonchev–Trinajstić information content (AvgIpc) is 3.57. The number of ether oxygens (including phenoxy) is 1. The molecule has 2 aliphatic heterocycles. The van der Waals surface area contributed by atoms with E-state index in [2.05, 4.69) is 105 Å². The van der Waals surface area contributed by atoms with E-state index >= 15 is 0 Å². The van der Waals surface area contributed by atoms with Gasteiger partial charge in [-0.15, -0.1) is 5.10 Å². The van der Waals surface area contributed by atoms with Crippen molar-refractivity contribution < 1.29 is 4.74 Å². The van der Waals surface area contributed by atoms with Gasteiger partial charge in [-0.05, 0) is 72.8 Å². The van der Waals surface area contributed by atoms with Gasteiger partial charge in [-0.3, -0.25) is 0 Å². The third-order valence-electron chi connectivity index (χ3n) is 7.58. The molecule has 0 saturated heterocycles. The van der Waals surface area contributed by atoms with E-state index in [0.717, 1.165) is 62.6 Å². The SMILES string of the molecule is C=CC1=CSc2ccccc2N1c1cccc(-n2cc(-c3ccc(N4c5ccccc5Oc5ccccc54)cc3)nn2)c1. The number of nitrogens with zero attached hydrogens (tertiary/aromatic N) is 5. The van der Waals surface area contributed by atoms with E-state index in [1.807, 2.05) is 65.5 Å². The fraction of sp³-hybridized carbons (Fsp3) is 0. The Morgan fingerprint density at radius 2 is 1.33 bits per heavy atom. The molecule has 0 aliphatic carbocycles. The van der Waals surface area contributed by atoms with E-state index in [0.29, 0.717) is 0 Å². The van der Waals surface area contributed by atoms with E-state index in [-0.39, 0.29) is 0 Å². The molecule has 0 atom stereocenters. The highest BCUT2D eigenvalue weighted by Crippen LogP contribution is 2.50. The zero-order chi connectivity index (χ0) is 28.8. The summed E-state index contributed by atoms with van der Waals surface area (Å²) in [5.41, 5.74) is 8.95. The molecule has 43 heavy (non-hydrogen) atoms. The highest BCUT2D eigenvalue weighted by Gasteiger charge is 2.25. The lowest BCUT2D eigenvalue weighted by Crippen LogP contribution is -2.18. The summed E-state index contributed by atoms with van der Waals surface area (Å²) < 4.78 is 7.99. The molecule has 0 radical (unpaired) electrons. The van der Waals surface area contributed by atoms with Crippen molar-refractivity contribution in [1.82, 2.24) is 15.0 Å². The average molecular weight is 576 g/mol. The Morgan fingerprint density at radius 1 is 0.651 bits per heavy atom. The lowest BCUT2D eigenvalue weighted by molar-refractivity contribution is 0.477. The highest BCUT2D eigenvalue weighted by atomic mass is 32.2. The molecule has 7 heteroatoms. The van der Waals surface area contributed by atoms with Gasteiger partial charge in [0.25, 0.3) is 0 Å². The predicted molar refractivity (Wildman–Crippen MR) is 174 cm³/mol. The van der Waals surface area contributed by atoms with Gasteiger partial charge in [-0.2, -0.15) is 0 Å². The number of anilines is 5. The minimum atomic E-state index is 0.797. The van der Waals surface area contributed by atoms with Crippen molar-refractivity contribution in [2.45, 2.75) is 4.90 Å². The summed E-state index contributed by atoms with van der Waals surface area (Å²) in [5, 5.41) is 11.1. The third-order valence-corrected chi connectivity index (χ3v) is 8.54. The Labute approximate surface area is 253 Å². The third kappa shape index (κ3) is 4.38. The normalized spacial score (nSPS) is 13.3. The van der Waals surface area contributed by atoms with Crippen LogP contribution in [0.1, 0.15) is 0 Å². The van der Waals surface area contributed by atoms with E-state index < -0.39 is 0 Å². The van der Waals surface area contributed by atoms with Crippen LogP contribution in [0.25, 0.3) is 16.9 Å². The maximum atomic E-state index is 6.17. The Bertz CT molecular complexity index is 1980. The van der Waals surface area contributed by atoms with Gasteiger partial charge in [0.05, 0.1) is 34.6 Å². The van der Waals surface area contributed by atoms with Gasteiger partial charge < -0.3 is 14.5 Å². The maximum absolute atomic E-state index is 6.17. The molecule has 5 aromatic carbocycles. The summed E-state index contributed by atoms with van der Waals surface area (Å²) in [6, 6.07) is 41.3. The number of para-hydroxylation sites is 5. The highest BCUT2D eigenvalue weighted by molar-refractivity contribution is 8.02. The molecule has 0 amide bonds. The smallest absolute Gasteiger partial charge is 0.151 e. The van der Waals surface area contributed by atoms with Crippen LogP contribution >= 0.6 is 11.8 Å². The molecule has 1 aromatic heterocycles. The Hall–Kier alpha value is -5.53. The Balaban J connectivity index is 1.10. The van der Waals surface area contributed by atoms with Gasteiger partial charge in [-0.25, -0.2) is 4.68 Å². The van der Waals surface area contributed by atoms with Crippen molar-refractivity contribution in [2.24, 2.45) is 0 Å². The van der Waals surface area contributed by atoms with Crippen LogP contribution in [0.4, 0.5) is 28.4 Å². The van der Waals surface area contributed by atoms with E-state index in [4.69, 9.17) is 4.74 Å². The first-order chi connectivity index (χ1) is 21.3. The van der Waals surface area contributed by atoms with Crippen LogP contribution in [0, 0.1) is 0 Å². The molecule has 0 unspecified atom stereocenters. The molecule has 0 spiro atoms. The quantitative estimate of drug-likeness (QED) is 0.204. The molecule has 0 bridgehead atoms. The number of rotatable bonds is 5. The number of hydrogen-bond acceptors (Lipinski definition) is 6. The summed E-state index contributed by atoms with van der Waals surface area (Å²) in [7, 11) is 0. The van der Waals surface area contributed by atoms with Gasteiger partial charge in [-0.1, -0.05) is 78.2 Å². The number of fused-ring (bicyclic) bond motifs is 3. The van der Waals surface area contributed by atoms with E-state index in [9.17, 15) is 0 Å². The molecule has 6 aromatic rings. The Kier molecular flexibility index (Phi) is 6.09. The lowest BCUT2D eigenvalue weighted by Gasteiger charge is -2.32.